The van der Waals surface area contributed by atoms with E-state index in [0.717, 1.165) is 5.56 Å². The topological polar surface area (TPSA) is 81.4 Å². The van der Waals surface area contributed by atoms with Crippen molar-refractivity contribution in [2.45, 2.75) is 18.8 Å². The molecule has 3 N–H and O–H groups in total. The lowest BCUT2D eigenvalue weighted by molar-refractivity contribution is -0.134. The fourth-order valence-corrected chi connectivity index (χ4v) is 1.98. The van der Waals surface area contributed by atoms with E-state index >= 15 is 0 Å². The average molecular weight is 234 g/mol. The molecule has 1 aliphatic heterocycles. The lowest BCUT2D eigenvalue weighted by Gasteiger charge is -2.21. The zero-order valence-corrected chi connectivity index (χ0v) is 9.53. The number of nitrogens with two attached hydrogens (primary N) is 1. The SMILES string of the molecule is COc1cc(N)cc(C2CCC(=O)NC2=O)c1. The molecule has 5 nitrogen and oxygen atoms in total. The number of nitrogens with one attached hydrogen (secondary N) is 1. The molecular formula is C12H14N2O3. The maximum absolute atomic E-state index is 11.7. The van der Waals surface area contributed by atoms with Gasteiger partial charge in [-0.3, -0.25) is 14.9 Å². The standard InChI is InChI=1S/C12H14N2O3/c1-17-9-5-7(4-8(13)6-9)10-2-3-11(15)14-12(10)16/h4-6,10H,2-3,13H2,1H3,(H,14,15,16). The van der Waals surface area contributed by atoms with Crippen molar-refractivity contribution in [2.75, 3.05) is 12.8 Å². The minimum absolute atomic E-state index is 0.220. The number of piperidine rings is 1. The summed E-state index contributed by atoms with van der Waals surface area (Å²) >= 11 is 0. The zero-order chi connectivity index (χ0) is 12.4. The molecule has 5 heteroatoms. The number of methoxy groups -OCH3 is 1. The third-order valence-electron chi connectivity index (χ3n) is 2.83. The number of benzene rings is 1. The molecule has 0 bridgehead atoms. The van der Waals surface area contributed by atoms with E-state index in [1.54, 1.807) is 25.3 Å². The summed E-state index contributed by atoms with van der Waals surface area (Å²) in [5, 5.41) is 2.33. The highest BCUT2D eigenvalue weighted by Gasteiger charge is 2.28. The van der Waals surface area contributed by atoms with E-state index in [-0.39, 0.29) is 17.7 Å². The first-order chi connectivity index (χ1) is 8.10. The third-order valence-corrected chi connectivity index (χ3v) is 2.83. The molecule has 2 rings (SSSR count). The van der Waals surface area contributed by atoms with Crippen molar-refractivity contribution in [3.05, 3.63) is 23.8 Å². The maximum Gasteiger partial charge on any atom is 0.234 e. The van der Waals surface area contributed by atoms with E-state index in [0.29, 0.717) is 24.3 Å². The van der Waals surface area contributed by atoms with Gasteiger partial charge in [-0.1, -0.05) is 0 Å². The number of hydrogen-bond acceptors (Lipinski definition) is 4. The van der Waals surface area contributed by atoms with Gasteiger partial charge in [0.2, 0.25) is 11.8 Å². The van der Waals surface area contributed by atoms with Gasteiger partial charge in [0.25, 0.3) is 0 Å². The van der Waals surface area contributed by atoms with Gasteiger partial charge in [0.15, 0.2) is 0 Å². The second-order valence-corrected chi connectivity index (χ2v) is 4.04. The molecule has 90 valence electrons. The van der Waals surface area contributed by atoms with Crippen molar-refractivity contribution in [1.82, 2.24) is 5.32 Å². The summed E-state index contributed by atoms with van der Waals surface area (Å²) in [5.74, 6) is -0.203. The zero-order valence-electron chi connectivity index (χ0n) is 9.53. The molecule has 1 aromatic rings. The Morgan fingerprint density at radius 2 is 2.12 bits per heavy atom. The van der Waals surface area contributed by atoms with Gasteiger partial charge >= 0.3 is 0 Å². The second-order valence-electron chi connectivity index (χ2n) is 4.04. The largest absolute Gasteiger partial charge is 0.497 e. The average Bonchev–Trinajstić information content (AvgIpc) is 2.28. The van der Waals surface area contributed by atoms with E-state index in [1.165, 1.54) is 0 Å². The van der Waals surface area contributed by atoms with Gasteiger partial charge in [-0.05, 0) is 24.1 Å². The molecule has 0 spiro atoms. The maximum atomic E-state index is 11.7. The van der Waals surface area contributed by atoms with Gasteiger partial charge < -0.3 is 10.5 Å². The number of rotatable bonds is 2. The molecule has 1 atom stereocenters. The Kier molecular flexibility index (Phi) is 2.99. The van der Waals surface area contributed by atoms with Crippen LogP contribution in [0.5, 0.6) is 5.75 Å². The highest BCUT2D eigenvalue weighted by Crippen LogP contribution is 2.29. The summed E-state index contributed by atoms with van der Waals surface area (Å²) in [5.41, 5.74) is 7.07. The minimum Gasteiger partial charge on any atom is -0.497 e. The molecule has 0 radical (unpaired) electrons. The summed E-state index contributed by atoms with van der Waals surface area (Å²) in [6.45, 7) is 0. The fourth-order valence-electron chi connectivity index (χ4n) is 1.98. The van der Waals surface area contributed by atoms with Crippen LogP contribution in [0.3, 0.4) is 0 Å². The van der Waals surface area contributed by atoms with Crippen LogP contribution in [0.2, 0.25) is 0 Å². The van der Waals surface area contributed by atoms with Gasteiger partial charge in [0.05, 0.1) is 13.0 Å². The van der Waals surface area contributed by atoms with E-state index in [9.17, 15) is 9.59 Å². The first-order valence-electron chi connectivity index (χ1n) is 5.38. The van der Waals surface area contributed by atoms with Crippen molar-refractivity contribution < 1.29 is 14.3 Å². The molecule has 2 amide bonds. The Hall–Kier alpha value is -2.04. The third kappa shape index (κ3) is 2.38. The molecule has 1 aliphatic rings. The smallest absolute Gasteiger partial charge is 0.234 e. The predicted octanol–water partition coefficient (Wildman–Crippen LogP) is 0.798. The van der Waals surface area contributed by atoms with Crippen molar-refractivity contribution in [3.63, 3.8) is 0 Å². The number of carbonyl (C=O) groups excluding carboxylic acids is 2. The molecule has 0 aliphatic carbocycles. The Morgan fingerprint density at radius 1 is 1.35 bits per heavy atom. The van der Waals surface area contributed by atoms with Crippen LogP contribution in [-0.4, -0.2) is 18.9 Å². The van der Waals surface area contributed by atoms with Gasteiger partial charge in [-0.15, -0.1) is 0 Å². The number of imide groups is 1. The molecule has 1 saturated heterocycles. The molecule has 1 aromatic carbocycles. The first-order valence-corrected chi connectivity index (χ1v) is 5.38. The second kappa shape index (κ2) is 4.45. The molecule has 1 unspecified atom stereocenters. The number of hydrogen-bond donors (Lipinski definition) is 2. The molecule has 1 heterocycles. The summed E-state index contributed by atoms with van der Waals surface area (Å²) in [7, 11) is 1.54. The van der Waals surface area contributed by atoms with E-state index in [2.05, 4.69) is 5.32 Å². The Morgan fingerprint density at radius 3 is 2.76 bits per heavy atom. The number of ether oxygens (including phenoxy) is 1. The summed E-state index contributed by atoms with van der Waals surface area (Å²) in [6, 6.07) is 5.20. The van der Waals surface area contributed by atoms with E-state index in [1.807, 2.05) is 0 Å². The Labute approximate surface area is 98.9 Å². The lowest BCUT2D eigenvalue weighted by Crippen LogP contribution is -2.39. The van der Waals surface area contributed by atoms with Crippen LogP contribution >= 0.6 is 0 Å². The van der Waals surface area contributed by atoms with Crippen molar-refractivity contribution in [1.29, 1.82) is 0 Å². The normalized spacial score (nSPS) is 19.9. The van der Waals surface area contributed by atoms with Crippen molar-refractivity contribution in [2.24, 2.45) is 0 Å². The molecule has 0 aromatic heterocycles. The van der Waals surface area contributed by atoms with Gasteiger partial charge in [0, 0.05) is 18.2 Å². The summed E-state index contributed by atoms with van der Waals surface area (Å²) < 4.78 is 5.10. The summed E-state index contributed by atoms with van der Waals surface area (Å²) in [4.78, 5) is 22.8. The van der Waals surface area contributed by atoms with Crippen LogP contribution in [0.1, 0.15) is 24.3 Å². The van der Waals surface area contributed by atoms with Crippen LogP contribution in [-0.2, 0) is 9.59 Å². The Balaban J connectivity index is 2.30. The number of anilines is 1. The fraction of sp³-hybridized carbons (Fsp3) is 0.333. The van der Waals surface area contributed by atoms with E-state index < -0.39 is 0 Å². The Bertz CT molecular complexity index is 471. The summed E-state index contributed by atoms with van der Waals surface area (Å²) in [6.07, 6.45) is 0.866. The number of amides is 2. The van der Waals surface area contributed by atoms with Crippen LogP contribution in [0.25, 0.3) is 0 Å². The van der Waals surface area contributed by atoms with Crippen LogP contribution in [0.15, 0.2) is 18.2 Å². The monoisotopic (exact) mass is 234 g/mol. The van der Waals surface area contributed by atoms with Gasteiger partial charge in [0.1, 0.15) is 5.75 Å². The van der Waals surface area contributed by atoms with Crippen LogP contribution < -0.4 is 15.8 Å². The molecule has 17 heavy (non-hydrogen) atoms. The number of nitrogen functional groups attached to an aromatic ring is 1. The lowest BCUT2D eigenvalue weighted by atomic mass is 9.90. The quantitative estimate of drug-likeness (QED) is 0.585. The van der Waals surface area contributed by atoms with Crippen LogP contribution in [0.4, 0.5) is 5.69 Å². The van der Waals surface area contributed by atoms with Crippen molar-refractivity contribution in [3.8, 4) is 5.75 Å². The highest BCUT2D eigenvalue weighted by atomic mass is 16.5. The highest BCUT2D eigenvalue weighted by molar-refractivity contribution is 6.01. The van der Waals surface area contributed by atoms with Crippen LogP contribution in [0, 0.1) is 0 Å². The first kappa shape index (κ1) is 11.4. The molecule has 1 fully saturated rings. The van der Waals surface area contributed by atoms with Gasteiger partial charge in [-0.2, -0.15) is 0 Å². The molecular weight excluding hydrogens is 220 g/mol. The van der Waals surface area contributed by atoms with Crippen molar-refractivity contribution >= 4 is 17.5 Å². The number of carbonyl (C=O) groups is 2. The minimum atomic E-state index is -0.329. The predicted molar refractivity (Wildman–Crippen MR) is 62.5 cm³/mol. The van der Waals surface area contributed by atoms with E-state index in [4.69, 9.17) is 10.5 Å². The van der Waals surface area contributed by atoms with Gasteiger partial charge in [-0.25, -0.2) is 0 Å². The molecule has 0 saturated carbocycles.